The summed E-state index contributed by atoms with van der Waals surface area (Å²) in [6, 6.07) is 23.1. The number of hydrogen-bond acceptors (Lipinski definition) is 28. The van der Waals surface area contributed by atoms with Crippen molar-refractivity contribution in [2.75, 3.05) is 0 Å². The summed E-state index contributed by atoms with van der Waals surface area (Å²) in [4.78, 5) is 106. The number of pyridine rings is 12. The van der Waals surface area contributed by atoms with E-state index in [1.54, 1.807) is 6.20 Å². The molecule has 12 aromatic heterocycles. The Balaban J connectivity index is 0.000000126. The Kier molecular flexibility index (Phi) is 25.5. The zero-order chi connectivity index (χ0) is 97.0. The maximum absolute atomic E-state index is 12.4. The maximum atomic E-state index is 12.4. The Labute approximate surface area is 795 Å². The monoisotopic (exact) mass is 1840 g/mol. The van der Waals surface area contributed by atoms with Crippen molar-refractivity contribution in [3.8, 4) is 23.4 Å². The van der Waals surface area contributed by atoms with Crippen molar-refractivity contribution in [1.82, 2.24) is 59.8 Å². The molecule has 28 heteroatoms. The number of aromatic nitrogens is 12. The van der Waals surface area contributed by atoms with Crippen molar-refractivity contribution in [2.45, 2.75) is 334 Å². The lowest BCUT2D eigenvalue weighted by atomic mass is 9.79. The molecular weight excluding hydrogens is 1710 g/mol. The summed E-state index contributed by atoms with van der Waals surface area (Å²) >= 11 is 0. The number of esters is 4. The predicted octanol–water partition coefficient (Wildman–Crippen LogP) is 18.3. The van der Waals surface area contributed by atoms with Crippen LogP contribution in [0.4, 0.5) is 0 Å². The van der Waals surface area contributed by atoms with Crippen molar-refractivity contribution in [1.29, 1.82) is 0 Å². The number of carbonyl (C=O) groups excluding carboxylic acids is 4. The number of cyclic esters (lactones) is 4. The van der Waals surface area contributed by atoms with Gasteiger partial charge >= 0.3 is 23.9 Å². The summed E-state index contributed by atoms with van der Waals surface area (Å²) < 4.78 is 46.3. The minimum atomic E-state index is -0.570. The fraction of sp³-hybridized carbons (Fsp3) is 0.481. The average molecular weight is 1840 g/mol. The van der Waals surface area contributed by atoms with Gasteiger partial charge in [-0.15, -0.1) is 0 Å². The van der Waals surface area contributed by atoms with Gasteiger partial charge in [-0.05, 0) is 238 Å². The third-order valence-electron chi connectivity index (χ3n) is 29.5. The van der Waals surface area contributed by atoms with Crippen molar-refractivity contribution < 1.29 is 57.1 Å². The van der Waals surface area contributed by atoms with E-state index >= 15 is 0 Å². The van der Waals surface area contributed by atoms with Gasteiger partial charge in [-0.2, -0.15) is 0 Å². The molecule has 0 radical (unpaired) electrons. The molecule has 136 heavy (non-hydrogen) atoms. The molecule has 4 fully saturated rings. The lowest BCUT2D eigenvalue weighted by Crippen LogP contribution is -2.42. The molecule has 20 rings (SSSR count). The second-order valence-corrected chi connectivity index (χ2v) is 41.7. The van der Waals surface area contributed by atoms with Crippen LogP contribution in [0.15, 0.2) is 122 Å². The third kappa shape index (κ3) is 19.2. The average Bonchev–Trinajstić information content (AvgIpc) is 1.55. The summed E-state index contributed by atoms with van der Waals surface area (Å²) in [5.74, 6) is 1.36. The Morgan fingerprint density at radius 3 is 0.816 bits per heavy atom. The van der Waals surface area contributed by atoms with Crippen molar-refractivity contribution >= 4 is 67.0 Å². The van der Waals surface area contributed by atoms with Gasteiger partial charge in [0.15, 0.2) is 0 Å². The van der Waals surface area contributed by atoms with E-state index in [0.717, 1.165) is 217 Å². The van der Waals surface area contributed by atoms with E-state index in [1.165, 1.54) is 0 Å². The molecule has 0 unspecified atom stereocenters. The standard InChI is InChI=1S/4C27H32N4O3/c1-6-27(5,28)24-20-12-17(29-13-21(20)22(14-30-24)34-18-8-9-18)11-16-7-10-19-23(31-16)26(3,4)15(2)33-25(19)32;3*1-6-27(5,28)22-14-30-24(34-18-8-9-18)21-13-29-17(12-20(21)22)11-16-7-10-19-23(31-16)26(3,4)15(2)33-25(19)32/h4*7,10,12-15,18H,6,8-9,11,28H2,1-5H3/t15-,27-;2*15-,27+;15-,27-/m1100/s1. The largest absolute Gasteiger partial charge is 0.488 e. The summed E-state index contributed by atoms with van der Waals surface area (Å²) in [6.45, 7) is 40.5. The zero-order valence-corrected chi connectivity index (χ0v) is 82.1. The second-order valence-electron chi connectivity index (χ2n) is 41.7. The zero-order valence-electron chi connectivity index (χ0n) is 82.1. The van der Waals surface area contributed by atoms with Crippen LogP contribution in [-0.4, -0.2) is 133 Å². The minimum absolute atomic E-state index is 0.244. The molecule has 0 saturated heterocycles. The van der Waals surface area contributed by atoms with Crippen LogP contribution in [0.5, 0.6) is 23.4 Å². The number of nitrogens with two attached hydrogens (primary N) is 4. The van der Waals surface area contributed by atoms with E-state index < -0.39 is 22.2 Å². The highest BCUT2D eigenvalue weighted by Gasteiger charge is 2.46. The van der Waals surface area contributed by atoms with Crippen LogP contribution < -0.4 is 41.9 Å². The minimum Gasteiger partial charge on any atom is -0.488 e. The van der Waals surface area contributed by atoms with Gasteiger partial charge in [0.1, 0.15) is 48.5 Å². The highest BCUT2D eigenvalue weighted by molar-refractivity contribution is 5.97. The Hall–Kier alpha value is -12.2. The normalized spacial score (nSPS) is 21.0. The Morgan fingerprint density at radius 1 is 0.309 bits per heavy atom. The smallest absolute Gasteiger partial charge is 0.340 e. The van der Waals surface area contributed by atoms with E-state index in [4.69, 9.17) is 106 Å². The second kappa shape index (κ2) is 36.3. The highest BCUT2D eigenvalue weighted by atomic mass is 16.6. The summed E-state index contributed by atoms with van der Waals surface area (Å²) in [5, 5.41) is 7.58. The number of fused-ring (bicyclic) bond motifs is 8. The van der Waals surface area contributed by atoms with Crippen LogP contribution in [-0.2, 0) is 88.4 Å². The topological polar surface area (TPSA) is 401 Å². The molecule has 4 saturated carbocycles. The lowest BCUT2D eigenvalue weighted by Gasteiger charge is -2.36. The van der Waals surface area contributed by atoms with E-state index in [9.17, 15) is 19.2 Å². The van der Waals surface area contributed by atoms with Gasteiger partial charge < -0.3 is 60.8 Å². The van der Waals surface area contributed by atoms with E-state index in [-0.39, 0.29) is 94.4 Å². The van der Waals surface area contributed by atoms with Crippen LogP contribution in [0.3, 0.4) is 0 Å². The molecule has 4 aliphatic heterocycles. The molecule has 0 bridgehead atoms. The van der Waals surface area contributed by atoms with Crippen molar-refractivity contribution in [3.63, 3.8) is 0 Å². The molecular formula is C108H128N16O12. The molecule has 0 spiro atoms. The molecule has 0 amide bonds. The Morgan fingerprint density at radius 2 is 0.559 bits per heavy atom. The third-order valence-corrected chi connectivity index (χ3v) is 29.5. The van der Waals surface area contributed by atoms with E-state index in [2.05, 4.69) is 122 Å². The molecule has 0 aromatic carbocycles. The van der Waals surface area contributed by atoms with E-state index in [1.807, 2.05) is 147 Å². The highest BCUT2D eigenvalue weighted by Crippen LogP contribution is 2.46. The SMILES string of the molecule is CC[C@@](C)(N)c1cnc(OC2CC2)c2cnc(Cc3ccc4c(n3)C(C)(C)[C@H](C)OC4=O)cc12.CC[C@@](C)(N)c1ncc(OC2CC2)c2cnc(Cc3ccc4c(n3)C(C)(C)[C@@H](C)OC4=O)cc12.CC[C@](C)(N)c1cnc(OC2CC2)c2cnc(Cc3ccc4c(n3)C(C)(C)[C@@H](C)OC4=O)cc12.CC[C@](C)(N)c1cnc(OC2CC2)c2cnc(Cc3ccc4c(n3)C(C)(C)[C@H](C)OC4=O)cc12. The molecule has 28 nitrogen and oxygen atoms in total. The van der Waals surface area contributed by atoms with E-state index in [0.29, 0.717) is 65.6 Å². The maximum Gasteiger partial charge on any atom is 0.340 e. The number of carbonyl (C=O) groups is 4. The quantitative estimate of drug-likeness (QED) is 0.0322. The lowest BCUT2D eigenvalue weighted by molar-refractivity contribution is 0.00781. The molecule has 712 valence electrons. The van der Waals surface area contributed by atoms with Crippen LogP contribution in [0.2, 0.25) is 0 Å². The molecule has 8 aliphatic rings. The molecule has 8 atom stereocenters. The number of rotatable bonds is 24. The van der Waals surface area contributed by atoms with Crippen molar-refractivity contribution in [3.05, 3.63) is 235 Å². The first kappa shape index (κ1) is 95.5. The van der Waals surface area contributed by atoms with Gasteiger partial charge in [-0.25, -0.2) is 34.1 Å². The summed E-state index contributed by atoms with van der Waals surface area (Å²) in [7, 11) is 0. The van der Waals surface area contributed by atoms with Gasteiger partial charge in [0, 0.05) is 164 Å². The van der Waals surface area contributed by atoms with Gasteiger partial charge in [-0.3, -0.25) is 44.9 Å². The molecule has 4 aliphatic carbocycles. The number of nitrogens with zero attached hydrogens (tertiary/aromatic N) is 12. The summed E-state index contributed by atoms with van der Waals surface area (Å²) in [6.07, 6.45) is 28.5. The predicted molar refractivity (Wildman–Crippen MR) is 520 cm³/mol. The van der Waals surface area contributed by atoms with Crippen LogP contribution in [0.25, 0.3) is 43.1 Å². The number of hydrogen-bond donors (Lipinski definition) is 4. The molecule has 8 N–H and O–H groups in total. The van der Waals surface area contributed by atoms with Crippen LogP contribution in [0.1, 0.15) is 348 Å². The Bertz CT molecular complexity index is 5920. The molecule has 12 aromatic rings. The van der Waals surface area contributed by atoms with Crippen LogP contribution >= 0.6 is 0 Å². The van der Waals surface area contributed by atoms with Gasteiger partial charge in [-0.1, -0.05) is 83.1 Å². The van der Waals surface area contributed by atoms with Crippen molar-refractivity contribution in [2.24, 2.45) is 22.9 Å². The first-order chi connectivity index (χ1) is 64.4. The fourth-order valence-corrected chi connectivity index (χ4v) is 17.3. The first-order valence-electron chi connectivity index (χ1n) is 48.2. The number of ether oxygens (including phenoxy) is 8. The van der Waals surface area contributed by atoms with Crippen LogP contribution in [0, 0.1) is 0 Å². The fourth-order valence-electron chi connectivity index (χ4n) is 17.3. The van der Waals surface area contributed by atoms with Gasteiger partial charge in [0.05, 0.1) is 84.7 Å². The van der Waals surface area contributed by atoms with Gasteiger partial charge in [0.25, 0.3) is 0 Å². The molecule has 16 heterocycles. The first-order valence-corrected chi connectivity index (χ1v) is 48.2. The summed E-state index contributed by atoms with van der Waals surface area (Å²) in [5.41, 5.74) is 38.9. The van der Waals surface area contributed by atoms with Gasteiger partial charge in [0.2, 0.25) is 17.6 Å².